The second-order valence-corrected chi connectivity index (χ2v) is 24.8. The fourth-order valence-corrected chi connectivity index (χ4v) is 10.2. The summed E-state index contributed by atoms with van der Waals surface area (Å²) in [6.45, 7) is 18.4. The number of carbonyl (C=O) groups is 4. The molecule has 442 valence electrons. The van der Waals surface area contributed by atoms with Crippen LogP contribution in [-0.4, -0.2) is 186 Å². The number of nitrogens with zero attached hydrogens (tertiary/aromatic N) is 4. The van der Waals surface area contributed by atoms with Crippen molar-refractivity contribution in [3.63, 3.8) is 0 Å². The van der Waals surface area contributed by atoms with Crippen molar-refractivity contribution >= 4 is 55.3 Å². The first-order valence-electron chi connectivity index (χ1n) is 24.9. The molecule has 0 heterocycles. The molecule has 0 aromatic heterocycles. The predicted molar refractivity (Wildman–Crippen MR) is 279 cm³/mol. The van der Waals surface area contributed by atoms with E-state index in [1.807, 2.05) is 0 Å². The number of sulfonamides is 2. The molecule has 0 saturated heterocycles. The van der Waals surface area contributed by atoms with Gasteiger partial charge in [-0.1, -0.05) is 24.3 Å². The van der Waals surface area contributed by atoms with Gasteiger partial charge in [0.1, 0.15) is 34.5 Å². The summed E-state index contributed by atoms with van der Waals surface area (Å²) in [5.41, 5.74) is -5.65. The van der Waals surface area contributed by atoms with Crippen LogP contribution in [0.4, 0.5) is 11.4 Å². The molecular formula is C50H78N4O22S2. The highest BCUT2D eigenvalue weighted by atomic mass is 32.2. The first kappa shape index (κ1) is 68.8. The van der Waals surface area contributed by atoms with E-state index in [0.29, 0.717) is 8.61 Å². The van der Waals surface area contributed by atoms with E-state index >= 15 is 0 Å². The van der Waals surface area contributed by atoms with Gasteiger partial charge in [0.05, 0.1) is 102 Å². The summed E-state index contributed by atoms with van der Waals surface area (Å²) in [6, 6.07) is 5.65. The largest absolute Gasteiger partial charge is 0.460 e. The zero-order chi connectivity index (χ0) is 59.1. The average Bonchev–Trinajstić information content (AvgIpc) is 3.29. The Hall–Kier alpha value is -5.30. The molecule has 2 unspecified atom stereocenters. The number of esters is 4. The average molecular weight is 1150 g/mol. The van der Waals surface area contributed by atoms with E-state index in [1.54, 1.807) is 83.1 Å². The van der Waals surface area contributed by atoms with E-state index in [4.69, 9.17) is 47.4 Å². The second-order valence-electron chi connectivity index (χ2n) is 21.0. The predicted octanol–water partition coefficient (Wildman–Crippen LogP) is 5.17. The molecule has 0 spiro atoms. The first-order chi connectivity index (χ1) is 36.1. The van der Waals surface area contributed by atoms with Crippen LogP contribution in [0.1, 0.15) is 95.9 Å². The summed E-state index contributed by atoms with van der Waals surface area (Å²) >= 11 is 0. The molecule has 0 aliphatic carbocycles. The molecule has 78 heavy (non-hydrogen) atoms. The van der Waals surface area contributed by atoms with Crippen molar-refractivity contribution in [3.05, 3.63) is 68.8 Å². The second kappa shape index (κ2) is 31.5. The van der Waals surface area contributed by atoms with Gasteiger partial charge >= 0.3 is 23.9 Å². The number of hydrogen-bond acceptors (Lipinski definition) is 22. The maximum atomic E-state index is 14.2. The van der Waals surface area contributed by atoms with Crippen LogP contribution in [0.15, 0.2) is 58.3 Å². The molecule has 28 heteroatoms. The number of para-hydroxylation sites is 2. The standard InChI is InChI=1S/C50H78N4O22S2/c1-47(2,3)73-43(55)35-39(45(57)75-49(7,8)9)51(77(63,64)41-19-15-13-17-37(41)53(59)60)21-23-67-25-27-69-29-31-71-33-34-72-32-30-70-28-26-68-24-22-52(78(65,66)42-20-16-14-18-38(42)54(61)62)40(46(58)76-50(10,11)12)36-44(56)74-48(4,5)6/h13-20,39-40H,21-36H2,1-12H3. The van der Waals surface area contributed by atoms with Crippen LogP contribution in [0.2, 0.25) is 0 Å². The highest BCUT2D eigenvalue weighted by Gasteiger charge is 2.44. The molecular weight excluding hydrogens is 1070 g/mol. The van der Waals surface area contributed by atoms with E-state index in [0.717, 1.165) is 24.3 Å². The quantitative estimate of drug-likeness (QED) is 0.0282. The molecule has 0 saturated carbocycles. The zero-order valence-corrected chi connectivity index (χ0v) is 48.3. The Morgan fingerprint density at radius 1 is 0.436 bits per heavy atom. The number of carbonyl (C=O) groups excluding carboxylic acids is 4. The monoisotopic (exact) mass is 1150 g/mol. The van der Waals surface area contributed by atoms with Crippen LogP contribution < -0.4 is 0 Å². The Morgan fingerprint density at radius 3 is 0.923 bits per heavy atom. The summed E-state index contributed by atoms with van der Waals surface area (Å²) in [5.74, 6) is -3.97. The van der Waals surface area contributed by atoms with Crippen molar-refractivity contribution in [2.75, 3.05) is 92.4 Å². The van der Waals surface area contributed by atoms with Crippen molar-refractivity contribution < 1.29 is 93.2 Å². The Bertz CT molecular complexity index is 2330. The summed E-state index contributed by atoms with van der Waals surface area (Å²) in [5, 5.41) is 23.7. The minimum atomic E-state index is -4.84. The molecule has 2 aromatic carbocycles. The van der Waals surface area contributed by atoms with E-state index in [9.17, 15) is 56.2 Å². The van der Waals surface area contributed by atoms with E-state index in [-0.39, 0.29) is 79.3 Å². The van der Waals surface area contributed by atoms with Crippen molar-refractivity contribution in [2.45, 2.75) is 140 Å². The summed E-state index contributed by atoms with van der Waals surface area (Å²) < 4.78 is 113. The Kier molecular flexibility index (Phi) is 27.8. The molecule has 2 atom stereocenters. The third-order valence-corrected chi connectivity index (χ3v) is 13.6. The lowest BCUT2D eigenvalue weighted by Gasteiger charge is -2.32. The highest BCUT2D eigenvalue weighted by Crippen LogP contribution is 2.31. The molecule has 0 amide bonds. The van der Waals surface area contributed by atoms with Gasteiger partial charge in [0, 0.05) is 25.2 Å². The highest BCUT2D eigenvalue weighted by molar-refractivity contribution is 7.89. The van der Waals surface area contributed by atoms with Gasteiger partial charge in [0.15, 0.2) is 9.79 Å². The van der Waals surface area contributed by atoms with Gasteiger partial charge in [-0.2, -0.15) is 8.61 Å². The summed E-state index contributed by atoms with van der Waals surface area (Å²) in [7, 11) is -9.68. The normalized spacial score (nSPS) is 13.5. The van der Waals surface area contributed by atoms with Crippen molar-refractivity contribution in [2.24, 2.45) is 0 Å². The number of ether oxygens (including phenoxy) is 10. The van der Waals surface area contributed by atoms with Crippen LogP contribution in [0.3, 0.4) is 0 Å². The van der Waals surface area contributed by atoms with Gasteiger partial charge in [-0.15, -0.1) is 0 Å². The molecule has 0 aliphatic rings. The number of nitro groups is 2. The van der Waals surface area contributed by atoms with Gasteiger partial charge in [-0.05, 0) is 95.2 Å². The number of rotatable bonds is 35. The lowest BCUT2D eigenvalue weighted by atomic mass is 10.1. The fraction of sp³-hybridized carbons (Fsp3) is 0.680. The lowest BCUT2D eigenvalue weighted by molar-refractivity contribution is -0.388. The zero-order valence-electron chi connectivity index (χ0n) is 46.7. The van der Waals surface area contributed by atoms with Gasteiger partial charge in [-0.25, -0.2) is 16.8 Å². The Balaban J connectivity index is 1.87. The fourth-order valence-electron chi connectivity index (χ4n) is 6.73. The van der Waals surface area contributed by atoms with Crippen molar-refractivity contribution in [3.8, 4) is 0 Å². The van der Waals surface area contributed by atoms with E-state index in [1.165, 1.54) is 24.3 Å². The molecule has 0 N–H and O–H groups in total. The van der Waals surface area contributed by atoms with Gasteiger partial charge in [0.2, 0.25) is 0 Å². The van der Waals surface area contributed by atoms with Crippen LogP contribution in [-0.2, 0) is 86.6 Å². The third-order valence-electron chi connectivity index (χ3n) is 9.68. The lowest BCUT2D eigenvalue weighted by Crippen LogP contribution is -2.50. The van der Waals surface area contributed by atoms with Crippen LogP contribution in [0.5, 0.6) is 0 Å². The molecule has 0 aliphatic heterocycles. The van der Waals surface area contributed by atoms with Gasteiger partial charge < -0.3 is 47.4 Å². The molecule has 0 radical (unpaired) electrons. The van der Waals surface area contributed by atoms with Gasteiger partial charge in [0.25, 0.3) is 31.4 Å². The van der Waals surface area contributed by atoms with Crippen molar-refractivity contribution in [1.29, 1.82) is 0 Å². The Labute approximate surface area is 456 Å². The molecule has 26 nitrogen and oxygen atoms in total. The summed E-state index contributed by atoms with van der Waals surface area (Å²) in [4.78, 5) is 73.8. The van der Waals surface area contributed by atoms with Crippen molar-refractivity contribution in [1.82, 2.24) is 8.61 Å². The minimum absolute atomic E-state index is 0.0253. The number of hydrogen-bond donors (Lipinski definition) is 0. The Morgan fingerprint density at radius 2 is 0.679 bits per heavy atom. The molecule has 0 bridgehead atoms. The van der Waals surface area contributed by atoms with Crippen LogP contribution in [0, 0.1) is 20.2 Å². The van der Waals surface area contributed by atoms with Crippen LogP contribution >= 0.6 is 0 Å². The summed E-state index contributed by atoms with van der Waals surface area (Å²) in [6.07, 6.45) is -1.52. The first-order valence-corrected chi connectivity index (χ1v) is 27.8. The molecule has 2 rings (SSSR count). The van der Waals surface area contributed by atoms with Gasteiger partial charge in [-0.3, -0.25) is 39.4 Å². The molecule has 2 aromatic rings. The minimum Gasteiger partial charge on any atom is -0.460 e. The van der Waals surface area contributed by atoms with E-state index in [2.05, 4.69) is 0 Å². The van der Waals surface area contributed by atoms with E-state index < -0.39 is 135 Å². The topological polar surface area (TPSA) is 322 Å². The SMILES string of the molecule is CC(C)(C)OC(=O)CC(C(=O)OC(C)(C)C)N(CCOCCOCCOCCOCCOCCOCCN(C(CC(=O)OC(C)(C)C)C(=O)OC(C)(C)C)S(=O)(=O)c1ccccc1[N+](=O)[O-])S(=O)(=O)c1ccccc1[N+](=O)[O-]. The molecule has 0 fully saturated rings. The number of benzene rings is 2. The number of nitro benzene ring substituents is 2. The smallest absolute Gasteiger partial charge is 0.325 e. The maximum Gasteiger partial charge on any atom is 0.325 e. The maximum absolute atomic E-state index is 14.2. The van der Waals surface area contributed by atoms with Crippen LogP contribution in [0.25, 0.3) is 0 Å². The third kappa shape index (κ3) is 25.7.